The van der Waals surface area contributed by atoms with Gasteiger partial charge in [-0.2, -0.15) is 0 Å². The first kappa shape index (κ1) is 15.8. The van der Waals surface area contributed by atoms with Gasteiger partial charge in [-0.15, -0.1) is 0 Å². The summed E-state index contributed by atoms with van der Waals surface area (Å²) in [4.78, 5) is 0. The molecule has 4 heteroatoms. The highest BCUT2D eigenvalue weighted by Crippen LogP contribution is 2.28. The Morgan fingerprint density at radius 1 is 1.16 bits per heavy atom. The van der Waals surface area contributed by atoms with Crippen molar-refractivity contribution in [1.29, 1.82) is 0 Å². The molecule has 0 atom stereocenters. The van der Waals surface area contributed by atoms with Gasteiger partial charge >= 0.3 is 0 Å². The van der Waals surface area contributed by atoms with Crippen LogP contribution in [0.1, 0.15) is 32.3 Å². The quantitative estimate of drug-likeness (QED) is 0.629. The highest BCUT2D eigenvalue weighted by molar-refractivity contribution is 5.42. The molecule has 108 valence electrons. The second-order valence-electron chi connectivity index (χ2n) is 4.42. The highest BCUT2D eigenvalue weighted by atomic mass is 16.5. The SMILES string of the molecule is CCCOc1ccc(C[NH2+]CCCO)cc1OCC. The lowest BCUT2D eigenvalue weighted by Gasteiger charge is -2.12. The van der Waals surface area contributed by atoms with Crippen molar-refractivity contribution in [2.75, 3.05) is 26.4 Å². The molecule has 0 saturated heterocycles. The van der Waals surface area contributed by atoms with E-state index in [-0.39, 0.29) is 6.61 Å². The number of aliphatic hydroxyl groups is 1. The summed E-state index contributed by atoms with van der Waals surface area (Å²) in [5.41, 5.74) is 1.21. The summed E-state index contributed by atoms with van der Waals surface area (Å²) < 4.78 is 11.3. The minimum atomic E-state index is 0.254. The Kier molecular flexibility index (Phi) is 8.02. The van der Waals surface area contributed by atoms with E-state index in [9.17, 15) is 0 Å². The molecule has 0 radical (unpaired) electrons. The first-order chi connectivity index (χ1) is 9.31. The summed E-state index contributed by atoms with van der Waals surface area (Å²) in [7, 11) is 0. The van der Waals surface area contributed by atoms with Crippen molar-refractivity contribution < 1.29 is 19.9 Å². The Labute approximate surface area is 115 Å². The molecule has 0 heterocycles. The molecule has 0 bridgehead atoms. The van der Waals surface area contributed by atoms with E-state index in [2.05, 4.69) is 18.3 Å². The molecule has 1 aromatic rings. The zero-order chi connectivity index (χ0) is 13.9. The molecule has 0 amide bonds. The van der Waals surface area contributed by atoms with Crippen LogP contribution in [0, 0.1) is 0 Å². The van der Waals surface area contributed by atoms with E-state index >= 15 is 0 Å². The van der Waals surface area contributed by atoms with Gasteiger partial charge in [-0.25, -0.2) is 0 Å². The van der Waals surface area contributed by atoms with E-state index in [1.807, 2.05) is 19.1 Å². The van der Waals surface area contributed by atoms with Gasteiger partial charge in [0.25, 0.3) is 0 Å². The van der Waals surface area contributed by atoms with Crippen molar-refractivity contribution in [1.82, 2.24) is 0 Å². The smallest absolute Gasteiger partial charge is 0.161 e. The van der Waals surface area contributed by atoms with Gasteiger partial charge in [0.2, 0.25) is 0 Å². The van der Waals surface area contributed by atoms with Crippen LogP contribution in [-0.4, -0.2) is 31.5 Å². The van der Waals surface area contributed by atoms with Gasteiger partial charge in [0.1, 0.15) is 6.54 Å². The summed E-state index contributed by atoms with van der Waals surface area (Å²) in [6.45, 7) is 7.50. The maximum Gasteiger partial charge on any atom is 0.161 e. The summed E-state index contributed by atoms with van der Waals surface area (Å²) in [6.07, 6.45) is 1.82. The second kappa shape index (κ2) is 9.64. The predicted molar refractivity (Wildman–Crippen MR) is 75.6 cm³/mol. The lowest BCUT2D eigenvalue weighted by molar-refractivity contribution is -0.671. The summed E-state index contributed by atoms with van der Waals surface area (Å²) in [5, 5.41) is 10.9. The molecule has 4 nitrogen and oxygen atoms in total. The van der Waals surface area contributed by atoms with Crippen molar-refractivity contribution >= 4 is 0 Å². The fraction of sp³-hybridized carbons (Fsp3) is 0.600. The first-order valence-electron chi connectivity index (χ1n) is 7.12. The number of quaternary nitrogens is 1. The highest BCUT2D eigenvalue weighted by Gasteiger charge is 2.07. The van der Waals surface area contributed by atoms with Gasteiger partial charge in [-0.3, -0.25) is 0 Å². The summed E-state index contributed by atoms with van der Waals surface area (Å²) in [5.74, 6) is 1.65. The number of hydrogen-bond acceptors (Lipinski definition) is 3. The number of ether oxygens (including phenoxy) is 2. The third kappa shape index (κ3) is 5.94. The molecule has 1 rings (SSSR count). The van der Waals surface area contributed by atoms with Gasteiger partial charge in [0.05, 0.1) is 19.8 Å². The Morgan fingerprint density at radius 2 is 2.00 bits per heavy atom. The first-order valence-corrected chi connectivity index (χ1v) is 7.12. The average molecular weight is 268 g/mol. The minimum absolute atomic E-state index is 0.254. The fourth-order valence-corrected chi connectivity index (χ4v) is 1.78. The van der Waals surface area contributed by atoms with Gasteiger partial charge < -0.3 is 19.9 Å². The van der Waals surface area contributed by atoms with Gasteiger partial charge in [-0.1, -0.05) is 6.92 Å². The predicted octanol–water partition coefficient (Wildman–Crippen LogP) is 1.32. The standard InChI is InChI=1S/C15H25NO3/c1-3-10-19-14-7-6-13(11-15(14)18-4-2)12-16-8-5-9-17/h6-7,11,16-17H,3-5,8-10,12H2,1-2H3/p+1. The van der Waals surface area contributed by atoms with E-state index in [1.54, 1.807) is 0 Å². The maximum atomic E-state index is 8.74. The molecular weight excluding hydrogens is 242 g/mol. The molecule has 0 aromatic heterocycles. The number of aliphatic hydroxyl groups excluding tert-OH is 1. The maximum absolute atomic E-state index is 8.74. The third-order valence-electron chi connectivity index (χ3n) is 2.72. The zero-order valence-electron chi connectivity index (χ0n) is 12.0. The largest absolute Gasteiger partial charge is 0.490 e. The number of rotatable bonds is 10. The topological polar surface area (TPSA) is 55.3 Å². The molecule has 0 saturated carbocycles. The van der Waals surface area contributed by atoms with Crippen LogP contribution in [0.25, 0.3) is 0 Å². The molecule has 1 aromatic carbocycles. The van der Waals surface area contributed by atoms with Crippen LogP contribution >= 0.6 is 0 Å². The third-order valence-corrected chi connectivity index (χ3v) is 2.72. The van der Waals surface area contributed by atoms with Crippen LogP contribution in [-0.2, 0) is 6.54 Å². The van der Waals surface area contributed by atoms with Crippen molar-refractivity contribution in [3.63, 3.8) is 0 Å². The van der Waals surface area contributed by atoms with E-state index in [0.29, 0.717) is 13.2 Å². The van der Waals surface area contributed by atoms with Crippen molar-refractivity contribution in [3.8, 4) is 11.5 Å². The molecule has 0 aliphatic carbocycles. The zero-order valence-corrected chi connectivity index (χ0v) is 12.0. The molecule has 0 aliphatic rings. The van der Waals surface area contributed by atoms with Crippen molar-refractivity contribution in [2.24, 2.45) is 0 Å². The minimum Gasteiger partial charge on any atom is -0.490 e. The molecular formula is C15H26NO3+. The van der Waals surface area contributed by atoms with Crippen LogP contribution < -0.4 is 14.8 Å². The Morgan fingerprint density at radius 3 is 2.68 bits per heavy atom. The fourth-order valence-electron chi connectivity index (χ4n) is 1.78. The van der Waals surface area contributed by atoms with E-state index in [4.69, 9.17) is 14.6 Å². The molecule has 19 heavy (non-hydrogen) atoms. The van der Waals surface area contributed by atoms with Gasteiger partial charge in [0.15, 0.2) is 11.5 Å². The number of nitrogens with two attached hydrogens (primary N) is 1. The Balaban J connectivity index is 2.60. The number of hydrogen-bond donors (Lipinski definition) is 2. The molecule has 0 spiro atoms. The summed E-state index contributed by atoms with van der Waals surface area (Å²) >= 11 is 0. The molecule has 3 N–H and O–H groups in total. The van der Waals surface area contributed by atoms with Crippen molar-refractivity contribution in [2.45, 2.75) is 33.2 Å². The van der Waals surface area contributed by atoms with E-state index in [1.165, 1.54) is 5.56 Å². The Hall–Kier alpha value is -1.26. The van der Waals surface area contributed by atoms with Crippen LogP contribution in [0.15, 0.2) is 18.2 Å². The van der Waals surface area contributed by atoms with Crippen LogP contribution in [0.4, 0.5) is 0 Å². The van der Waals surface area contributed by atoms with Crippen LogP contribution in [0.5, 0.6) is 11.5 Å². The number of benzene rings is 1. The van der Waals surface area contributed by atoms with Crippen molar-refractivity contribution in [3.05, 3.63) is 23.8 Å². The van der Waals surface area contributed by atoms with Crippen LogP contribution in [0.3, 0.4) is 0 Å². The van der Waals surface area contributed by atoms with E-state index < -0.39 is 0 Å². The van der Waals surface area contributed by atoms with Gasteiger partial charge in [0, 0.05) is 18.6 Å². The molecule has 0 unspecified atom stereocenters. The lowest BCUT2D eigenvalue weighted by Crippen LogP contribution is -2.82. The van der Waals surface area contributed by atoms with Gasteiger partial charge in [-0.05, 0) is 31.5 Å². The molecule has 0 aliphatic heterocycles. The lowest BCUT2D eigenvalue weighted by atomic mass is 10.2. The summed E-state index contributed by atoms with van der Waals surface area (Å²) in [6, 6.07) is 6.10. The van der Waals surface area contributed by atoms with Crippen LogP contribution in [0.2, 0.25) is 0 Å². The molecule has 0 fully saturated rings. The second-order valence-corrected chi connectivity index (χ2v) is 4.42. The monoisotopic (exact) mass is 268 g/mol. The Bertz CT molecular complexity index is 355. The normalized spacial score (nSPS) is 10.5. The van der Waals surface area contributed by atoms with E-state index in [0.717, 1.165) is 37.4 Å². The average Bonchev–Trinajstić information content (AvgIpc) is 2.43.